The van der Waals surface area contributed by atoms with Crippen molar-refractivity contribution in [2.45, 2.75) is 116 Å². The summed E-state index contributed by atoms with van der Waals surface area (Å²) in [6.07, 6.45) is 4.63. The van der Waals surface area contributed by atoms with Gasteiger partial charge in [0.15, 0.2) is 0 Å². The minimum absolute atomic E-state index is 0.00548. The van der Waals surface area contributed by atoms with Crippen molar-refractivity contribution < 1.29 is 27.3 Å². The van der Waals surface area contributed by atoms with Crippen LogP contribution in [-0.4, -0.2) is 69.0 Å². The highest BCUT2D eigenvalue weighted by Gasteiger charge is 2.86. The quantitative estimate of drug-likeness (QED) is 0.363. The standard InChI is InChI=1S/C37H56N2O6S/c1-22(2)32(42)38-29-16-17-36-20-37(36)28(15-14-27(36)33(29,5)21-40)34(6)18-26(45-46(43,44)25-12-10-23(3)11-13-25)31(24(4)39(8)9)35(34,7)19-30(37)41/h10-13,22,24,26-29,31,40H,14-21H2,1-9H3,(H,38,42)/t24-,26+,27-,28-,29-,31-,33-,34-,35+,36?,37-/m0/s1. The Morgan fingerprint density at radius 3 is 2.26 bits per heavy atom. The van der Waals surface area contributed by atoms with Crippen molar-refractivity contribution in [3.05, 3.63) is 29.8 Å². The smallest absolute Gasteiger partial charge is 0.297 e. The number of hydrogen-bond donors (Lipinski definition) is 2. The maximum Gasteiger partial charge on any atom is 0.297 e. The van der Waals surface area contributed by atoms with Gasteiger partial charge >= 0.3 is 0 Å². The number of carbonyl (C=O) groups is 2. The molecule has 0 aromatic heterocycles. The van der Waals surface area contributed by atoms with Gasteiger partial charge in [0.05, 0.1) is 17.6 Å². The number of Topliss-reactive ketones (excluding diaryl/α,β-unsaturated/α-hetero) is 1. The first-order valence-electron chi connectivity index (χ1n) is 17.5. The van der Waals surface area contributed by atoms with Gasteiger partial charge in [0.25, 0.3) is 10.1 Å². The molecule has 0 aliphatic heterocycles. The zero-order valence-corrected chi connectivity index (χ0v) is 30.2. The van der Waals surface area contributed by atoms with Crippen LogP contribution < -0.4 is 5.32 Å². The number of benzene rings is 1. The average Bonchev–Trinajstić information content (AvgIpc) is 3.62. The number of aliphatic hydroxyl groups is 1. The van der Waals surface area contributed by atoms with Crippen LogP contribution in [0, 0.1) is 57.7 Å². The maximum atomic E-state index is 14.9. The second kappa shape index (κ2) is 10.8. The molecule has 11 atom stereocenters. The van der Waals surface area contributed by atoms with E-state index in [1.165, 1.54) is 0 Å². The van der Waals surface area contributed by atoms with Gasteiger partial charge in [-0.25, -0.2) is 0 Å². The van der Waals surface area contributed by atoms with Crippen LogP contribution in [0.4, 0.5) is 0 Å². The van der Waals surface area contributed by atoms with Crippen molar-refractivity contribution >= 4 is 21.8 Å². The summed E-state index contributed by atoms with van der Waals surface area (Å²) in [5.41, 5.74) is -0.943. The van der Waals surface area contributed by atoms with Crippen LogP contribution in [0.25, 0.3) is 0 Å². The van der Waals surface area contributed by atoms with Crippen LogP contribution in [0.2, 0.25) is 0 Å². The fraction of sp³-hybridized carbons (Fsp3) is 0.784. The third-order valence-electron chi connectivity index (χ3n) is 14.8. The first kappa shape index (κ1) is 34.1. The molecular weight excluding hydrogens is 600 g/mol. The predicted octanol–water partition coefficient (Wildman–Crippen LogP) is 5.36. The minimum atomic E-state index is -4.02. The number of fused-ring (bicyclic) bond motifs is 2. The molecule has 5 aliphatic carbocycles. The number of nitrogens with zero attached hydrogens (tertiary/aromatic N) is 1. The molecule has 46 heavy (non-hydrogen) atoms. The Bertz CT molecular complexity index is 1510. The van der Waals surface area contributed by atoms with Crippen molar-refractivity contribution in [1.82, 2.24) is 10.2 Å². The third-order valence-corrected chi connectivity index (χ3v) is 16.1. The van der Waals surface area contributed by atoms with E-state index in [0.717, 1.165) is 37.7 Å². The number of nitrogens with one attached hydrogen (secondary N) is 1. The van der Waals surface area contributed by atoms with Crippen LogP contribution in [0.3, 0.4) is 0 Å². The number of aliphatic hydroxyl groups excluding tert-OH is 1. The lowest BCUT2D eigenvalue weighted by molar-refractivity contribution is -0.173. The molecule has 9 heteroatoms. The van der Waals surface area contributed by atoms with Gasteiger partial charge in [-0.1, -0.05) is 52.3 Å². The van der Waals surface area contributed by atoms with Gasteiger partial charge in [-0.15, -0.1) is 0 Å². The normalized spacial score (nSPS) is 43.8. The van der Waals surface area contributed by atoms with Crippen molar-refractivity contribution in [3.8, 4) is 0 Å². The molecule has 5 saturated carbocycles. The van der Waals surface area contributed by atoms with E-state index in [1.807, 2.05) is 34.9 Å². The topological polar surface area (TPSA) is 113 Å². The molecule has 0 radical (unpaired) electrons. The van der Waals surface area contributed by atoms with Crippen molar-refractivity contribution in [2.24, 2.45) is 50.7 Å². The van der Waals surface area contributed by atoms with Crippen LogP contribution in [0.5, 0.6) is 0 Å². The number of carbonyl (C=O) groups excluding carboxylic acids is 2. The van der Waals surface area contributed by atoms with Crippen LogP contribution in [0.15, 0.2) is 29.2 Å². The molecule has 256 valence electrons. The molecule has 1 aromatic rings. The van der Waals surface area contributed by atoms with Gasteiger partial charge in [-0.05, 0) is 107 Å². The summed E-state index contributed by atoms with van der Waals surface area (Å²) >= 11 is 0. The highest BCUT2D eigenvalue weighted by Crippen LogP contribution is 2.88. The number of rotatable bonds is 8. The van der Waals surface area contributed by atoms with E-state index in [0.29, 0.717) is 18.6 Å². The zero-order chi connectivity index (χ0) is 33.8. The molecule has 1 unspecified atom stereocenters. The molecule has 5 aliphatic rings. The summed E-state index contributed by atoms with van der Waals surface area (Å²) in [6, 6.07) is 6.69. The summed E-state index contributed by atoms with van der Waals surface area (Å²) < 4.78 is 33.8. The molecule has 0 saturated heterocycles. The third kappa shape index (κ3) is 4.42. The fourth-order valence-electron chi connectivity index (χ4n) is 12.0. The van der Waals surface area contributed by atoms with E-state index < -0.39 is 32.5 Å². The van der Waals surface area contributed by atoms with Gasteiger partial charge in [0, 0.05) is 41.2 Å². The molecule has 6 rings (SSSR count). The zero-order valence-electron chi connectivity index (χ0n) is 29.4. The van der Waals surface area contributed by atoms with E-state index in [1.54, 1.807) is 24.3 Å². The summed E-state index contributed by atoms with van der Waals surface area (Å²) in [4.78, 5) is 30.0. The lowest BCUT2D eigenvalue weighted by atomic mass is 9.41. The highest BCUT2D eigenvalue weighted by atomic mass is 32.2. The summed E-state index contributed by atoms with van der Waals surface area (Å²) in [5, 5.41) is 14.2. The van der Waals surface area contributed by atoms with E-state index >= 15 is 0 Å². The Balaban J connectivity index is 1.37. The highest BCUT2D eigenvalue weighted by molar-refractivity contribution is 7.86. The molecule has 1 amide bonds. The Morgan fingerprint density at radius 1 is 1.04 bits per heavy atom. The van der Waals surface area contributed by atoms with Crippen LogP contribution in [0.1, 0.15) is 92.1 Å². The number of amides is 1. The number of ketones is 1. The van der Waals surface area contributed by atoms with E-state index in [2.05, 4.69) is 37.9 Å². The van der Waals surface area contributed by atoms with Crippen LogP contribution >= 0.6 is 0 Å². The van der Waals surface area contributed by atoms with Gasteiger partial charge in [0.2, 0.25) is 5.91 Å². The average molecular weight is 657 g/mol. The number of hydrogen-bond acceptors (Lipinski definition) is 7. The summed E-state index contributed by atoms with van der Waals surface area (Å²) in [5.74, 6) is 0.284. The van der Waals surface area contributed by atoms with Gasteiger partial charge in [-0.3, -0.25) is 13.8 Å². The Morgan fingerprint density at radius 2 is 1.67 bits per heavy atom. The molecule has 2 N–H and O–H groups in total. The van der Waals surface area contributed by atoms with E-state index in [-0.39, 0.29) is 64.0 Å². The first-order chi connectivity index (χ1) is 21.3. The van der Waals surface area contributed by atoms with Gasteiger partial charge in [0.1, 0.15) is 5.78 Å². The van der Waals surface area contributed by atoms with Crippen molar-refractivity contribution in [3.63, 3.8) is 0 Å². The molecule has 1 aromatic carbocycles. The Kier molecular flexibility index (Phi) is 8.03. The molecular formula is C37H56N2O6S. The van der Waals surface area contributed by atoms with E-state index in [4.69, 9.17) is 4.18 Å². The SMILES string of the molecule is Cc1ccc(S(=O)(=O)O[C@@H]2C[C@@]3(C)[C@@H]4CC[C@@H]5C6(CC[C@H](NC(=O)C(C)C)[C@@]5(C)CO)C[C@@]46C(=O)C[C@]3(C)[C@H]2[C@H](C)N(C)C)cc1. The fourth-order valence-corrected chi connectivity index (χ4v) is 13.1. The second-order valence-electron chi connectivity index (χ2n) is 17.2. The largest absolute Gasteiger partial charge is 0.396 e. The molecule has 0 heterocycles. The van der Waals surface area contributed by atoms with Gasteiger partial charge < -0.3 is 15.3 Å². The second-order valence-corrected chi connectivity index (χ2v) is 18.7. The minimum Gasteiger partial charge on any atom is -0.396 e. The molecule has 0 bridgehead atoms. The lowest BCUT2D eigenvalue weighted by Gasteiger charge is -2.63. The van der Waals surface area contributed by atoms with E-state index in [9.17, 15) is 23.1 Å². The van der Waals surface area contributed by atoms with Crippen molar-refractivity contribution in [2.75, 3.05) is 20.7 Å². The molecule has 2 spiro atoms. The first-order valence-corrected chi connectivity index (χ1v) is 18.9. The Hall–Kier alpha value is -1.81. The number of aryl methyl sites for hydroxylation is 1. The molecule has 8 nitrogen and oxygen atoms in total. The lowest BCUT2D eigenvalue weighted by Crippen LogP contribution is -2.64. The van der Waals surface area contributed by atoms with Gasteiger partial charge in [-0.2, -0.15) is 8.42 Å². The maximum absolute atomic E-state index is 14.9. The monoisotopic (exact) mass is 656 g/mol. The Labute approximate surface area is 276 Å². The predicted molar refractivity (Wildman–Crippen MR) is 177 cm³/mol. The van der Waals surface area contributed by atoms with Crippen LogP contribution in [-0.2, 0) is 23.9 Å². The van der Waals surface area contributed by atoms with Crippen molar-refractivity contribution in [1.29, 1.82) is 0 Å². The summed E-state index contributed by atoms with van der Waals surface area (Å²) in [6.45, 7) is 14.5. The molecule has 5 fully saturated rings. The summed E-state index contributed by atoms with van der Waals surface area (Å²) in [7, 11) is 0.0212.